The molecule has 0 aliphatic heterocycles. The molecular weight excluding hydrogens is 409 g/mol. The molecule has 0 radical (unpaired) electrons. The van der Waals surface area contributed by atoms with Crippen molar-refractivity contribution in [3.63, 3.8) is 0 Å². The molecule has 0 unspecified atom stereocenters. The van der Waals surface area contributed by atoms with E-state index in [2.05, 4.69) is 10.5 Å². The second-order valence-corrected chi connectivity index (χ2v) is 8.60. The molecule has 0 bridgehead atoms. The fourth-order valence-corrected chi connectivity index (χ4v) is 3.31. The van der Waals surface area contributed by atoms with Crippen LogP contribution in [0.4, 0.5) is 0 Å². The normalized spacial score (nSPS) is 11.9. The monoisotopic (exact) mass is 427 g/mol. The van der Waals surface area contributed by atoms with Gasteiger partial charge in [0, 0.05) is 6.54 Å². The first-order valence-corrected chi connectivity index (χ1v) is 10.6. The van der Waals surface area contributed by atoms with Crippen LogP contribution >= 0.6 is 23.2 Å². The first kappa shape index (κ1) is 21.4. The highest BCUT2D eigenvalue weighted by Gasteiger charge is 2.19. The fraction of sp³-hybridized carbons (Fsp3) is 0.222. The zero-order valence-corrected chi connectivity index (χ0v) is 16.9. The van der Waals surface area contributed by atoms with Crippen LogP contribution in [0.25, 0.3) is 0 Å². The van der Waals surface area contributed by atoms with Crippen molar-refractivity contribution >= 4 is 45.3 Å². The Labute approximate surface area is 168 Å². The molecule has 1 N–H and O–H groups in total. The zero-order chi connectivity index (χ0) is 19.9. The lowest BCUT2D eigenvalue weighted by atomic mass is 10.1. The van der Waals surface area contributed by atoms with E-state index in [1.165, 1.54) is 6.21 Å². The third-order valence-electron chi connectivity index (χ3n) is 3.63. The van der Waals surface area contributed by atoms with Gasteiger partial charge in [-0.15, -0.1) is 0 Å². The Morgan fingerprint density at radius 2 is 1.85 bits per heavy atom. The summed E-state index contributed by atoms with van der Waals surface area (Å²) in [6.45, 7) is -0.114. The smallest absolute Gasteiger partial charge is 0.255 e. The summed E-state index contributed by atoms with van der Waals surface area (Å²) in [6.07, 6.45) is 2.98. The van der Waals surface area contributed by atoms with Crippen molar-refractivity contribution in [3.05, 3.63) is 69.7 Å². The van der Waals surface area contributed by atoms with Gasteiger partial charge in [-0.05, 0) is 29.7 Å². The van der Waals surface area contributed by atoms with Crippen LogP contribution in [-0.4, -0.2) is 44.2 Å². The number of hydrogen-bond acceptors (Lipinski definition) is 4. The van der Waals surface area contributed by atoms with Gasteiger partial charge in [0.05, 0.1) is 29.1 Å². The largest absolute Gasteiger partial charge is 0.272 e. The number of sulfonamides is 1. The average molecular weight is 428 g/mol. The Hall–Kier alpha value is -1.93. The lowest BCUT2D eigenvalue weighted by Gasteiger charge is -2.18. The molecule has 0 saturated carbocycles. The number of halogens is 2. The number of rotatable bonds is 8. The van der Waals surface area contributed by atoms with E-state index in [-0.39, 0.29) is 13.1 Å². The van der Waals surface area contributed by atoms with Crippen LogP contribution in [-0.2, 0) is 21.2 Å². The number of hydrazone groups is 1. The van der Waals surface area contributed by atoms with E-state index in [0.29, 0.717) is 22.0 Å². The van der Waals surface area contributed by atoms with E-state index < -0.39 is 15.9 Å². The number of nitrogens with zero attached hydrogens (tertiary/aromatic N) is 2. The van der Waals surface area contributed by atoms with Crippen molar-refractivity contribution in [2.75, 3.05) is 19.3 Å². The van der Waals surface area contributed by atoms with Crippen LogP contribution in [0.2, 0.25) is 10.0 Å². The van der Waals surface area contributed by atoms with Gasteiger partial charge in [0.2, 0.25) is 10.0 Å². The predicted molar refractivity (Wildman–Crippen MR) is 109 cm³/mol. The van der Waals surface area contributed by atoms with E-state index in [9.17, 15) is 13.2 Å². The summed E-state index contributed by atoms with van der Waals surface area (Å²) in [6, 6.07) is 14.4. The molecule has 0 heterocycles. The molecule has 27 heavy (non-hydrogen) atoms. The zero-order valence-electron chi connectivity index (χ0n) is 14.6. The number of amides is 1. The Morgan fingerprint density at radius 3 is 2.48 bits per heavy atom. The third kappa shape index (κ3) is 7.30. The van der Waals surface area contributed by atoms with E-state index >= 15 is 0 Å². The molecule has 2 aromatic carbocycles. The fourth-order valence-electron chi connectivity index (χ4n) is 2.23. The summed E-state index contributed by atoms with van der Waals surface area (Å²) < 4.78 is 25.0. The molecule has 144 valence electrons. The Bertz CT molecular complexity index is 919. The van der Waals surface area contributed by atoms with Gasteiger partial charge in [0.25, 0.3) is 5.91 Å². The van der Waals surface area contributed by atoms with Gasteiger partial charge in [-0.1, -0.05) is 59.6 Å². The first-order valence-electron chi connectivity index (χ1n) is 8.02. The van der Waals surface area contributed by atoms with Crippen LogP contribution in [0.5, 0.6) is 0 Å². The standard InChI is InChI=1S/C18H19Cl2N3O3S/c1-27(25,26)23(10-9-14-5-3-2-4-6-14)13-18(24)22-21-12-15-7-8-16(19)17(20)11-15/h2-8,11-12H,9-10,13H2,1H3,(H,22,24). The van der Waals surface area contributed by atoms with E-state index in [1.54, 1.807) is 18.2 Å². The minimum atomic E-state index is -3.53. The van der Waals surface area contributed by atoms with Gasteiger partial charge in [0.1, 0.15) is 0 Å². The minimum absolute atomic E-state index is 0.201. The molecule has 0 aliphatic rings. The molecule has 9 heteroatoms. The summed E-state index contributed by atoms with van der Waals surface area (Å²) >= 11 is 11.7. The molecule has 0 atom stereocenters. The maximum atomic E-state index is 12.0. The van der Waals surface area contributed by atoms with Crippen LogP contribution in [0, 0.1) is 0 Å². The lowest BCUT2D eigenvalue weighted by Crippen LogP contribution is -2.40. The average Bonchev–Trinajstić information content (AvgIpc) is 2.61. The highest BCUT2D eigenvalue weighted by Crippen LogP contribution is 2.21. The Morgan fingerprint density at radius 1 is 1.15 bits per heavy atom. The Balaban J connectivity index is 1.93. The highest BCUT2D eigenvalue weighted by molar-refractivity contribution is 7.88. The van der Waals surface area contributed by atoms with E-state index in [0.717, 1.165) is 16.1 Å². The number of nitrogens with one attached hydrogen (secondary N) is 1. The van der Waals surface area contributed by atoms with Crippen molar-refractivity contribution in [1.29, 1.82) is 0 Å². The SMILES string of the molecule is CS(=O)(=O)N(CCc1ccccc1)CC(=O)NN=Cc1ccc(Cl)c(Cl)c1. The molecule has 0 fully saturated rings. The van der Waals surface area contributed by atoms with E-state index in [1.807, 2.05) is 30.3 Å². The van der Waals surface area contributed by atoms with Gasteiger partial charge in [-0.2, -0.15) is 9.41 Å². The topological polar surface area (TPSA) is 78.8 Å². The van der Waals surface area contributed by atoms with E-state index in [4.69, 9.17) is 23.2 Å². The Kier molecular flexibility index (Phi) is 7.79. The van der Waals surface area contributed by atoms with Crippen molar-refractivity contribution in [3.8, 4) is 0 Å². The van der Waals surface area contributed by atoms with Crippen LogP contribution in [0.3, 0.4) is 0 Å². The molecule has 2 aromatic rings. The van der Waals surface area contributed by atoms with Gasteiger partial charge < -0.3 is 0 Å². The summed E-state index contributed by atoms with van der Waals surface area (Å²) in [5.74, 6) is -0.537. The maximum absolute atomic E-state index is 12.0. The second-order valence-electron chi connectivity index (χ2n) is 5.80. The molecule has 1 amide bonds. The maximum Gasteiger partial charge on any atom is 0.255 e. The molecule has 0 aromatic heterocycles. The van der Waals surface area contributed by atoms with Crippen molar-refractivity contribution < 1.29 is 13.2 Å². The molecule has 0 spiro atoms. The summed E-state index contributed by atoms with van der Waals surface area (Å²) in [5, 5.41) is 4.61. The predicted octanol–water partition coefficient (Wildman–Crippen LogP) is 2.95. The van der Waals surface area contributed by atoms with Gasteiger partial charge >= 0.3 is 0 Å². The summed E-state index contributed by atoms with van der Waals surface area (Å²) in [7, 11) is -3.53. The third-order valence-corrected chi connectivity index (χ3v) is 5.62. The van der Waals surface area contributed by atoms with Crippen LogP contribution in [0.15, 0.2) is 53.6 Å². The lowest BCUT2D eigenvalue weighted by molar-refractivity contribution is -0.121. The number of hydrogen-bond donors (Lipinski definition) is 1. The number of carbonyl (C=O) groups is 1. The van der Waals surface area contributed by atoms with Gasteiger partial charge in [-0.25, -0.2) is 13.8 Å². The molecule has 2 rings (SSSR count). The first-order chi connectivity index (χ1) is 12.8. The van der Waals surface area contributed by atoms with Gasteiger partial charge in [-0.3, -0.25) is 4.79 Å². The second kappa shape index (κ2) is 9.85. The quantitative estimate of drug-likeness (QED) is 0.519. The molecule has 0 aliphatic carbocycles. The number of carbonyl (C=O) groups excluding carboxylic acids is 1. The van der Waals surface area contributed by atoms with Gasteiger partial charge in [0.15, 0.2) is 0 Å². The van der Waals surface area contributed by atoms with Crippen LogP contribution in [0.1, 0.15) is 11.1 Å². The molecule has 0 saturated heterocycles. The highest BCUT2D eigenvalue weighted by atomic mass is 35.5. The summed E-state index contributed by atoms with van der Waals surface area (Å²) in [5.41, 5.74) is 3.95. The molecular formula is C18H19Cl2N3O3S. The molecule has 6 nitrogen and oxygen atoms in total. The van der Waals surface area contributed by atoms with Crippen LogP contribution < -0.4 is 5.43 Å². The minimum Gasteiger partial charge on any atom is -0.272 e. The van der Waals surface area contributed by atoms with Crippen molar-refractivity contribution in [1.82, 2.24) is 9.73 Å². The number of benzene rings is 2. The summed E-state index contributed by atoms with van der Waals surface area (Å²) in [4.78, 5) is 12.0. The van der Waals surface area contributed by atoms with Crippen molar-refractivity contribution in [2.45, 2.75) is 6.42 Å². The van der Waals surface area contributed by atoms with Crippen molar-refractivity contribution in [2.24, 2.45) is 5.10 Å².